The number of hydrogen-bond acceptors (Lipinski definition) is 4. The lowest BCUT2D eigenvalue weighted by molar-refractivity contribution is 0.0691. The molecular formula is C16H16N2O3S. The zero-order valence-electron chi connectivity index (χ0n) is 12.4. The fraction of sp³-hybridized carbons (Fsp3) is 0.250. The minimum Gasteiger partial charge on any atom is -0.493 e. The van der Waals surface area contributed by atoms with E-state index in [2.05, 4.69) is 24.0 Å². The molecule has 0 spiro atoms. The lowest BCUT2D eigenvalue weighted by Crippen LogP contribution is -1.97. The number of thiazole rings is 1. The molecule has 3 aromatic rings. The Morgan fingerprint density at radius 1 is 1.41 bits per heavy atom. The van der Waals surface area contributed by atoms with E-state index in [4.69, 9.17) is 9.84 Å². The summed E-state index contributed by atoms with van der Waals surface area (Å²) in [4.78, 5) is 15.9. The number of hydrogen-bond donors (Lipinski definition) is 1. The molecule has 0 bridgehead atoms. The van der Waals surface area contributed by atoms with Crippen LogP contribution in [-0.2, 0) is 6.42 Å². The maximum absolute atomic E-state index is 11.1. The molecule has 0 amide bonds. The number of aromatic nitrogens is 2. The van der Waals surface area contributed by atoms with E-state index in [0.29, 0.717) is 11.6 Å². The molecule has 1 N–H and O–H groups in total. The van der Waals surface area contributed by atoms with Crippen LogP contribution < -0.4 is 4.74 Å². The Morgan fingerprint density at radius 2 is 2.23 bits per heavy atom. The van der Waals surface area contributed by atoms with Gasteiger partial charge in [-0.3, -0.25) is 4.40 Å². The van der Waals surface area contributed by atoms with Crippen molar-refractivity contribution in [1.82, 2.24) is 9.38 Å². The summed E-state index contributed by atoms with van der Waals surface area (Å²) in [5.74, 6) is -0.223. The summed E-state index contributed by atoms with van der Waals surface area (Å²) < 4.78 is 7.53. The number of fused-ring (bicyclic) bond motifs is 1. The average Bonchev–Trinajstić information content (AvgIpc) is 3.08. The second-order valence-corrected chi connectivity index (χ2v) is 5.66. The molecule has 0 saturated carbocycles. The quantitative estimate of drug-likeness (QED) is 0.779. The van der Waals surface area contributed by atoms with Crippen LogP contribution in [0.15, 0.2) is 29.8 Å². The number of benzene rings is 1. The number of rotatable bonds is 5. The first-order valence-corrected chi connectivity index (χ1v) is 7.98. The molecule has 0 aliphatic carbocycles. The minimum atomic E-state index is -1.02. The Kier molecular flexibility index (Phi) is 3.85. The molecule has 22 heavy (non-hydrogen) atoms. The van der Waals surface area contributed by atoms with Crippen molar-refractivity contribution >= 4 is 22.3 Å². The smallest absolute Gasteiger partial charge is 0.356 e. The van der Waals surface area contributed by atoms with Gasteiger partial charge in [-0.2, -0.15) is 0 Å². The van der Waals surface area contributed by atoms with Crippen LogP contribution in [0.5, 0.6) is 5.75 Å². The van der Waals surface area contributed by atoms with Crippen LogP contribution in [0.2, 0.25) is 0 Å². The van der Waals surface area contributed by atoms with E-state index in [-0.39, 0.29) is 5.69 Å². The molecule has 2 heterocycles. The fourth-order valence-corrected chi connectivity index (χ4v) is 3.23. The van der Waals surface area contributed by atoms with Crippen molar-refractivity contribution in [2.24, 2.45) is 0 Å². The van der Waals surface area contributed by atoms with Crippen LogP contribution >= 0.6 is 11.3 Å². The lowest BCUT2D eigenvalue weighted by atomic mass is 10.1. The third-order valence-corrected chi connectivity index (χ3v) is 4.30. The molecule has 3 rings (SSSR count). The number of aryl methyl sites for hydroxylation is 1. The molecule has 5 nitrogen and oxygen atoms in total. The van der Waals surface area contributed by atoms with Crippen molar-refractivity contribution < 1.29 is 14.6 Å². The number of carboxylic acid groups (broad SMARTS) is 1. The van der Waals surface area contributed by atoms with E-state index in [1.165, 1.54) is 16.9 Å². The highest BCUT2D eigenvalue weighted by Crippen LogP contribution is 2.34. The summed E-state index contributed by atoms with van der Waals surface area (Å²) >= 11 is 1.42. The molecule has 0 aliphatic rings. The summed E-state index contributed by atoms with van der Waals surface area (Å²) in [6.07, 6.45) is 2.48. The normalized spacial score (nSPS) is 11.0. The topological polar surface area (TPSA) is 63.8 Å². The fourth-order valence-electron chi connectivity index (χ4n) is 2.36. The zero-order valence-corrected chi connectivity index (χ0v) is 13.2. The van der Waals surface area contributed by atoms with Gasteiger partial charge in [-0.1, -0.05) is 13.0 Å². The molecule has 0 fully saturated rings. The predicted molar refractivity (Wildman–Crippen MR) is 86.0 cm³/mol. The number of aromatic carboxylic acids is 1. The summed E-state index contributed by atoms with van der Waals surface area (Å²) in [7, 11) is 0. The van der Waals surface area contributed by atoms with Gasteiger partial charge >= 0.3 is 5.97 Å². The van der Waals surface area contributed by atoms with Gasteiger partial charge in [0.05, 0.1) is 12.3 Å². The van der Waals surface area contributed by atoms with Crippen molar-refractivity contribution in [3.63, 3.8) is 0 Å². The van der Waals surface area contributed by atoms with Crippen LogP contribution in [-0.4, -0.2) is 27.1 Å². The Morgan fingerprint density at radius 3 is 2.91 bits per heavy atom. The molecule has 2 aromatic heterocycles. The van der Waals surface area contributed by atoms with Gasteiger partial charge in [0, 0.05) is 17.1 Å². The summed E-state index contributed by atoms with van der Waals surface area (Å²) in [5, 5.41) is 11.1. The largest absolute Gasteiger partial charge is 0.493 e. The van der Waals surface area contributed by atoms with E-state index in [1.807, 2.05) is 22.8 Å². The Bertz CT molecular complexity index is 835. The van der Waals surface area contributed by atoms with E-state index in [9.17, 15) is 4.79 Å². The standard InChI is InChI=1S/C16H16N2O3S/c1-3-10-5-6-14(21-4-2)11(7-10)13-9-22-16-17-12(15(19)20)8-18(13)16/h5-9H,3-4H2,1-2H3,(H,19,20). The molecule has 0 atom stereocenters. The Balaban J connectivity index is 2.19. The second-order valence-electron chi connectivity index (χ2n) is 4.82. The Hall–Kier alpha value is -2.34. The van der Waals surface area contributed by atoms with E-state index in [1.54, 1.807) is 6.20 Å². The van der Waals surface area contributed by atoms with Gasteiger partial charge in [0.25, 0.3) is 0 Å². The predicted octanol–water partition coefficient (Wildman–Crippen LogP) is 3.72. The van der Waals surface area contributed by atoms with Crippen molar-refractivity contribution in [1.29, 1.82) is 0 Å². The zero-order chi connectivity index (χ0) is 15.7. The van der Waals surface area contributed by atoms with Crippen molar-refractivity contribution in [2.75, 3.05) is 6.61 Å². The third kappa shape index (κ3) is 2.46. The van der Waals surface area contributed by atoms with Gasteiger partial charge in [0.15, 0.2) is 10.7 Å². The van der Waals surface area contributed by atoms with Crippen molar-refractivity contribution in [2.45, 2.75) is 20.3 Å². The highest BCUT2D eigenvalue weighted by Gasteiger charge is 2.16. The third-order valence-electron chi connectivity index (χ3n) is 3.46. The molecule has 0 radical (unpaired) electrons. The van der Waals surface area contributed by atoms with Crippen LogP contribution in [0, 0.1) is 0 Å². The Labute approximate surface area is 131 Å². The number of carboxylic acids is 1. The number of nitrogens with zero attached hydrogens (tertiary/aromatic N) is 2. The van der Waals surface area contributed by atoms with E-state index >= 15 is 0 Å². The number of imidazole rings is 1. The van der Waals surface area contributed by atoms with E-state index < -0.39 is 5.97 Å². The highest BCUT2D eigenvalue weighted by atomic mass is 32.1. The lowest BCUT2D eigenvalue weighted by Gasteiger charge is -2.11. The molecule has 0 saturated heterocycles. The van der Waals surface area contributed by atoms with Gasteiger partial charge in [-0.15, -0.1) is 11.3 Å². The van der Waals surface area contributed by atoms with Crippen molar-refractivity contribution in [3.8, 4) is 17.0 Å². The first-order valence-electron chi connectivity index (χ1n) is 7.10. The molecule has 0 unspecified atom stereocenters. The van der Waals surface area contributed by atoms with Crippen LogP contribution in [0.4, 0.5) is 0 Å². The van der Waals surface area contributed by atoms with Crippen LogP contribution in [0.1, 0.15) is 29.9 Å². The minimum absolute atomic E-state index is 0.0534. The van der Waals surface area contributed by atoms with E-state index in [0.717, 1.165) is 23.4 Å². The molecule has 6 heteroatoms. The van der Waals surface area contributed by atoms with Crippen LogP contribution in [0.3, 0.4) is 0 Å². The monoisotopic (exact) mass is 316 g/mol. The highest BCUT2D eigenvalue weighted by molar-refractivity contribution is 7.15. The maximum Gasteiger partial charge on any atom is 0.356 e. The second kappa shape index (κ2) is 5.81. The van der Waals surface area contributed by atoms with Gasteiger partial charge in [-0.05, 0) is 31.0 Å². The summed E-state index contributed by atoms with van der Waals surface area (Å²) in [5.41, 5.74) is 3.12. The van der Waals surface area contributed by atoms with Gasteiger partial charge < -0.3 is 9.84 Å². The summed E-state index contributed by atoms with van der Waals surface area (Å²) in [6.45, 7) is 4.62. The first-order chi connectivity index (χ1) is 10.6. The van der Waals surface area contributed by atoms with Crippen molar-refractivity contribution in [3.05, 3.63) is 41.0 Å². The molecular weight excluding hydrogens is 300 g/mol. The summed E-state index contributed by atoms with van der Waals surface area (Å²) in [6, 6.07) is 6.11. The van der Waals surface area contributed by atoms with Gasteiger partial charge in [0.1, 0.15) is 5.75 Å². The average molecular weight is 316 g/mol. The SMILES string of the molecule is CCOc1ccc(CC)cc1-c1csc2nc(C(=O)O)cn12. The maximum atomic E-state index is 11.1. The number of ether oxygens (including phenoxy) is 1. The van der Waals surface area contributed by atoms with Crippen LogP contribution in [0.25, 0.3) is 16.2 Å². The molecule has 1 aromatic carbocycles. The first kappa shape index (κ1) is 14.6. The molecule has 0 aliphatic heterocycles. The number of carbonyl (C=O) groups is 1. The molecule has 114 valence electrons. The van der Waals surface area contributed by atoms with Gasteiger partial charge in [-0.25, -0.2) is 9.78 Å². The van der Waals surface area contributed by atoms with Gasteiger partial charge in [0.2, 0.25) is 0 Å².